The molecule has 1 aromatic rings. The fraction of sp³-hybridized carbons (Fsp3) is 0.455. The molecule has 0 spiro atoms. The molecule has 3 heteroatoms. The highest BCUT2D eigenvalue weighted by Gasteiger charge is 2.17. The molecule has 0 radical (unpaired) electrons. The SMILES string of the molecule is Nc1c(Cl)cccc1C1CCNCC1. The van der Waals surface area contributed by atoms with Crippen LogP contribution in [-0.4, -0.2) is 13.1 Å². The number of nitrogen functional groups attached to an aromatic ring is 1. The Morgan fingerprint density at radius 2 is 2.00 bits per heavy atom. The molecule has 1 fully saturated rings. The highest BCUT2D eigenvalue weighted by atomic mass is 35.5. The Balaban J connectivity index is 2.26. The molecule has 2 rings (SSSR count). The lowest BCUT2D eigenvalue weighted by Crippen LogP contribution is -2.27. The number of anilines is 1. The largest absolute Gasteiger partial charge is 0.397 e. The van der Waals surface area contributed by atoms with Crippen LogP contribution in [0.1, 0.15) is 24.3 Å². The van der Waals surface area contributed by atoms with Crippen molar-refractivity contribution in [3.63, 3.8) is 0 Å². The van der Waals surface area contributed by atoms with Crippen LogP contribution in [-0.2, 0) is 0 Å². The van der Waals surface area contributed by atoms with Gasteiger partial charge in [0.05, 0.1) is 10.7 Å². The number of para-hydroxylation sites is 1. The van der Waals surface area contributed by atoms with E-state index in [0.717, 1.165) is 31.6 Å². The molecule has 1 aromatic carbocycles. The second-order valence-electron chi connectivity index (χ2n) is 3.77. The predicted octanol–water partition coefficient (Wildman–Crippen LogP) is 2.39. The molecule has 76 valence electrons. The second kappa shape index (κ2) is 4.20. The van der Waals surface area contributed by atoms with Crippen LogP contribution in [0, 0.1) is 0 Å². The molecule has 0 unspecified atom stereocenters. The summed E-state index contributed by atoms with van der Waals surface area (Å²) in [4.78, 5) is 0. The van der Waals surface area contributed by atoms with E-state index in [1.807, 2.05) is 12.1 Å². The van der Waals surface area contributed by atoms with Crippen LogP contribution in [0.25, 0.3) is 0 Å². The van der Waals surface area contributed by atoms with E-state index in [-0.39, 0.29) is 0 Å². The molecular weight excluding hydrogens is 196 g/mol. The fourth-order valence-corrected chi connectivity index (χ4v) is 2.22. The zero-order valence-corrected chi connectivity index (χ0v) is 8.85. The van der Waals surface area contributed by atoms with Crippen molar-refractivity contribution in [3.8, 4) is 0 Å². The normalized spacial score (nSPS) is 18.4. The Kier molecular flexibility index (Phi) is 2.94. The standard InChI is InChI=1S/C11H15ClN2/c12-10-3-1-2-9(11(10)13)8-4-6-14-7-5-8/h1-3,8,14H,4-7,13H2. The van der Waals surface area contributed by atoms with Gasteiger partial charge in [-0.2, -0.15) is 0 Å². The summed E-state index contributed by atoms with van der Waals surface area (Å²) in [6.45, 7) is 2.16. The summed E-state index contributed by atoms with van der Waals surface area (Å²) in [7, 11) is 0. The van der Waals surface area contributed by atoms with Crippen molar-refractivity contribution in [2.24, 2.45) is 0 Å². The first-order valence-electron chi connectivity index (χ1n) is 5.03. The Labute approximate surface area is 89.4 Å². The van der Waals surface area contributed by atoms with Crippen molar-refractivity contribution in [3.05, 3.63) is 28.8 Å². The maximum absolute atomic E-state index is 5.99. The van der Waals surface area contributed by atoms with E-state index in [9.17, 15) is 0 Å². The number of hydrogen-bond acceptors (Lipinski definition) is 2. The maximum Gasteiger partial charge on any atom is 0.0638 e. The number of hydrogen-bond donors (Lipinski definition) is 2. The summed E-state index contributed by atoms with van der Waals surface area (Å²) in [5.74, 6) is 0.579. The number of nitrogens with two attached hydrogens (primary N) is 1. The third-order valence-corrected chi connectivity index (χ3v) is 3.20. The lowest BCUT2D eigenvalue weighted by molar-refractivity contribution is 0.461. The van der Waals surface area contributed by atoms with Gasteiger partial charge in [0, 0.05) is 0 Å². The van der Waals surface area contributed by atoms with Gasteiger partial charge in [0.25, 0.3) is 0 Å². The molecule has 0 saturated carbocycles. The summed E-state index contributed by atoms with van der Waals surface area (Å²) >= 11 is 5.99. The number of nitrogens with one attached hydrogen (secondary N) is 1. The zero-order valence-electron chi connectivity index (χ0n) is 8.09. The quantitative estimate of drug-likeness (QED) is 0.699. The average Bonchev–Trinajstić information content (AvgIpc) is 2.23. The molecular formula is C11H15ClN2. The topological polar surface area (TPSA) is 38.0 Å². The zero-order chi connectivity index (χ0) is 9.97. The molecule has 0 aromatic heterocycles. The molecule has 0 bridgehead atoms. The Hall–Kier alpha value is -0.730. The second-order valence-corrected chi connectivity index (χ2v) is 4.17. The van der Waals surface area contributed by atoms with Crippen LogP contribution in [0.5, 0.6) is 0 Å². The van der Waals surface area contributed by atoms with Gasteiger partial charge in [0.1, 0.15) is 0 Å². The minimum absolute atomic E-state index is 0.579. The molecule has 0 atom stereocenters. The van der Waals surface area contributed by atoms with Crippen LogP contribution >= 0.6 is 11.6 Å². The van der Waals surface area contributed by atoms with Crippen molar-refractivity contribution in [2.75, 3.05) is 18.8 Å². The van der Waals surface area contributed by atoms with Gasteiger partial charge >= 0.3 is 0 Å². The van der Waals surface area contributed by atoms with Gasteiger partial charge in [-0.15, -0.1) is 0 Å². The number of halogens is 1. The van der Waals surface area contributed by atoms with E-state index in [2.05, 4.69) is 11.4 Å². The molecule has 1 heterocycles. The lowest BCUT2D eigenvalue weighted by Gasteiger charge is -2.24. The van der Waals surface area contributed by atoms with E-state index in [4.69, 9.17) is 17.3 Å². The van der Waals surface area contributed by atoms with Gasteiger partial charge in [0.15, 0.2) is 0 Å². The smallest absolute Gasteiger partial charge is 0.0638 e. The monoisotopic (exact) mass is 210 g/mol. The van der Waals surface area contributed by atoms with Gasteiger partial charge in [-0.1, -0.05) is 23.7 Å². The highest BCUT2D eigenvalue weighted by molar-refractivity contribution is 6.33. The van der Waals surface area contributed by atoms with Crippen LogP contribution in [0.4, 0.5) is 5.69 Å². The predicted molar refractivity (Wildman–Crippen MR) is 60.7 cm³/mol. The number of piperidine rings is 1. The van der Waals surface area contributed by atoms with Crippen LogP contribution < -0.4 is 11.1 Å². The summed E-state index contributed by atoms with van der Waals surface area (Å²) in [5, 5.41) is 4.03. The fourth-order valence-electron chi connectivity index (χ4n) is 2.04. The maximum atomic E-state index is 5.99. The van der Waals surface area contributed by atoms with Crippen LogP contribution in [0.2, 0.25) is 5.02 Å². The summed E-state index contributed by atoms with van der Waals surface area (Å²) < 4.78 is 0. The summed E-state index contributed by atoms with van der Waals surface area (Å²) in [6, 6.07) is 5.93. The van der Waals surface area contributed by atoms with E-state index in [0.29, 0.717) is 10.9 Å². The van der Waals surface area contributed by atoms with E-state index in [1.54, 1.807) is 0 Å². The van der Waals surface area contributed by atoms with Crippen molar-refractivity contribution in [1.82, 2.24) is 5.32 Å². The molecule has 3 N–H and O–H groups in total. The first-order valence-corrected chi connectivity index (χ1v) is 5.41. The van der Waals surface area contributed by atoms with Crippen molar-refractivity contribution < 1.29 is 0 Å². The minimum atomic E-state index is 0.579. The third kappa shape index (κ3) is 1.86. The molecule has 1 aliphatic rings. The van der Waals surface area contributed by atoms with Crippen molar-refractivity contribution in [1.29, 1.82) is 0 Å². The molecule has 2 nitrogen and oxygen atoms in total. The Bertz CT molecular complexity index is 319. The highest BCUT2D eigenvalue weighted by Crippen LogP contribution is 2.33. The molecule has 14 heavy (non-hydrogen) atoms. The molecule has 0 amide bonds. The molecule has 0 aliphatic carbocycles. The van der Waals surface area contributed by atoms with E-state index < -0.39 is 0 Å². The van der Waals surface area contributed by atoms with Crippen molar-refractivity contribution >= 4 is 17.3 Å². The third-order valence-electron chi connectivity index (χ3n) is 2.87. The number of benzene rings is 1. The Morgan fingerprint density at radius 3 is 2.71 bits per heavy atom. The Morgan fingerprint density at radius 1 is 1.29 bits per heavy atom. The van der Waals surface area contributed by atoms with Gasteiger partial charge in [0.2, 0.25) is 0 Å². The van der Waals surface area contributed by atoms with E-state index >= 15 is 0 Å². The van der Waals surface area contributed by atoms with Gasteiger partial charge < -0.3 is 11.1 Å². The minimum Gasteiger partial charge on any atom is -0.397 e. The van der Waals surface area contributed by atoms with Gasteiger partial charge in [-0.05, 0) is 43.5 Å². The van der Waals surface area contributed by atoms with Crippen LogP contribution in [0.15, 0.2) is 18.2 Å². The van der Waals surface area contributed by atoms with Crippen LogP contribution in [0.3, 0.4) is 0 Å². The number of rotatable bonds is 1. The summed E-state index contributed by atoms with van der Waals surface area (Å²) in [6.07, 6.45) is 2.31. The van der Waals surface area contributed by atoms with E-state index in [1.165, 1.54) is 5.56 Å². The molecule has 1 aliphatic heterocycles. The van der Waals surface area contributed by atoms with Gasteiger partial charge in [-0.3, -0.25) is 0 Å². The van der Waals surface area contributed by atoms with Gasteiger partial charge in [-0.25, -0.2) is 0 Å². The lowest BCUT2D eigenvalue weighted by atomic mass is 9.89. The first-order chi connectivity index (χ1) is 6.79. The average molecular weight is 211 g/mol. The summed E-state index contributed by atoms with van der Waals surface area (Å²) in [5.41, 5.74) is 7.95. The first kappa shape index (κ1) is 9.81. The van der Waals surface area contributed by atoms with Crippen molar-refractivity contribution in [2.45, 2.75) is 18.8 Å². The molecule has 1 saturated heterocycles.